The number of likely N-dealkylation sites (tertiary alicyclic amines) is 1. The monoisotopic (exact) mass is 331 g/mol. The molecule has 1 aromatic carbocycles. The number of nitrogens with zero attached hydrogens (tertiary/aromatic N) is 3. The average Bonchev–Trinajstić information content (AvgIpc) is 2.97. The highest BCUT2D eigenvalue weighted by atomic mass is 16.6. The van der Waals surface area contributed by atoms with Gasteiger partial charge in [-0.25, -0.2) is 0 Å². The van der Waals surface area contributed by atoms with Crippen molar-refractivity contribution < 1.29 is 19.6 Å². The Hall–Kier alpha value is -2.90. The first-order valence-electron chi connectivity index (χ1n) is 7.69. The lowest BCUT2D eigenvalue weighted by Gasteiger charge is -2.30. The van der Waals surface area contributed by atoms with Gasteiger partial charge in [-0.1, -0.05) is 0 Å². The number of amides is 1. The van der Waals surface area contributed by atoms with Gasteiger partial charge in [0.1, 0.15) is 6.54 Å². The molecule has 1 unspecified atom stereocenters. The normalized spacial score (nSPS) is 17.8. The smallest absolute Gasteiger partial charge is 0.308 e. The molecule has 24 heavy (non-hydrogen) atoms. The van der Waals surface area contributed by atoms with Crippen LogP contribution in [0.5, 0.6) is 0 Å². The van der Waals surface area contributed by atoms with E-state index in [0.29, 0.717) is 24.8 Å². The van der Waals surface area contributed by atoms with E-state index in [4.69, 9.17) is 5.11 Å². The molecule has 1 aromatic heterocycles. The van der Waals surface area contributed by atoms with Crippen molar-refractivity contribution in [3.63, 3.8) is 0 Å². The van der Waals surface area contributed by atoms with Gasteiger partial charge < -0.3 is 14.6 Å². The first kappa shape index (κ1) is 16.0. The van der Waals surface area contributed by atoms with E-state index < -0.39 is 16.8 Å². The predicted molar refractivity (Wildman–Crippen MR) is 85.5 cm³/mol. The van der Waals surface area contributed by atoms with Gasteiger partial charge in [-0.15, -0.1) is 0 Å². The average molecular weight is 331 g/mol. The first-order valence-corrected chi connectivity index (χ1v) is 7.69. The van der Waals surface area contributed by atoms with E-state index in [1.165, 1.54) is 12.1 Å². The van der Waals surface area contributed by atoms with Crippen LogP contribution in [0.15, 0.2) is 30.5 Å². The quantitative estimate of drug-likeness (QED) is 0.680. The Labute approximate surface area is 137 Å². The van der Waals surface area contributed by atoms with Gasteiger partial charge in [0, 0.05) is 42.3 Å². The van der Waals surface area contributed by atoms with Crippen molar-refractivity contribution in [1.82, 2.24) is 9.47 Å². The molecule has 1 aliphatic rings. The fourth-order valence-electron chi connectivity index (χ4n) is 3.09. The van der Waals surface area contributed by atoms with Gasteiger partial charge >= 0.3 is 5.97 Å². The van der Waals surface area contributed by atoms with Gasteiger partial charge in [0.25, 0.3) is 5.69 Å². The molecule has 1 amide bonds. The maximum absolute atomic E-state index is 12.5. The van der Waals surface area contributed by atoms with Crippen LogP contribution in [-0.2, 0) is 16.1 Å². The maximum atomic E-state index is 12.5. The van der Waals surface area contributed by atoms with E-state index in [2.05, 4.69) is 0 Å². The fraction of sp³-hybridized carbons (Fsp3) is 0.375. The Morgan fingerprint density at radius 2 is 2.12 bits per heavy atom. The van der Waals surface area contributed by atoms with Crippen LogP contribution in [0.4, 0.5) is 5.69 Å². The zero-order valence-electron chi connectivity index (χ0n) is 12.9. The topological polar surface area (TPSA) is 106 Å². The number of carbonyl (C=O) groups is 2. The van der Waals surface area contributed by atoms with E-state index in [1.54, 1.807) is 27.8 Å². The molecular formula is C16H17N3O5. The number of aromatic nitrogens is 1. The van der Waals surface area contributed by atoms with E-state index in [-0.39, 0.29) is 24.7 Å². The molecule has 0 aliphatic carbocycles. The van der Waals surface area contributed by atoms with Gasteiger partial charge in [-0.3, -0.25) is 19.7 Å². The van der Waals surface area contributed by atoms with Crippen LogP contribution >= 0.6 is 0 Å². The second kappa shape index (κ2) is 6.31. The minimum atomic E-state index is -0.869. The Morgan fingerprint density at radius 1 is 1.33 bits per heavy atom. The second-order valence-corrected chi connectivity index (χ2v) is 5.96. The molecule has 1 aliphatic heterocycles. The zero-order valence-corrected chi connectivity index (χ0v) is 12.9. The number of nitro groups is 1. The van der Waals surface area contributed by atoms with Crippen molar-refractivity contribution >= 4 is 28.5 Å². The Morgan fingerprint density at radius 3 is 2.83 bits per heavy atom. The zero-order chi connectivity index (χ0) is 17.3. The standard InChI is InChI=1S/C16H17N3O5/c20-15(18-6-1-2-12(9-18)16(21)22)10-17-7-5-11-8-13(19(23)24)3-4-14(11)17/h3-5,7-8,12H,1-2,6,9-10H2,(H,21,22). The van der Waals surface area contributed by atoms with Crippen LogP contribution in [0, 0.1) is 16.0 Å². The molecule has 2 heterocycles. The largest absolute Gasteiger partial charge is 0.481 e. The van der Waals surface area contributed by atoms with Gasteiger partial charge in [0.15, 0.2) is 0 Å². The van der Waals surface area contributed by atoms with E-state index >= 15 is 0 Å². The number of rotatable bonds is 4. The summed E-state index contributed by atoms with van der Waals surface area (Å²) in [5, 5.41) is 20.6. The number of carboxylic acid groups (broad SMARTS) is 1. The summed E-state index contributed by atoms with van der Waals surface area (Å²) >= 11 is 0. The molecule has 0 radical (unpaired) electrons. The summed E-state index contributed by atoms with van der Waals surface area (Å²) in [4.78, 5) is 35.5. The third-order valence-electron chi connectivity index (χ3n) is 4.39. The van der Waals surface area contributed by atoms with Crippen molar-refractivity contribution in [3.8, 4) is 0 Å². The summed E-state index contributed by atoms with van der Waals surface area (Å²) in [6, 6.07) is 6.23. The molecule has 1 atom stereocenters. The number of hydrogen-bond acceptors (Lipinski definition) is 4. The third-order valence-corrected chi connectivity index (χ3v) is 4.39. The minimum absolute atomic E-state index is 0.00640. The number of piperidine rings is 1. The molecule has 1 saturated heterocycles. The molecule has 126 valence electrons. The number of hydrogen-bond donors (Lipinski definition) is 1. The number of non-ortho nitro benzene ring substituents is 1. The van der Waals surface area contributed by atoms with Crippen LogP contribution < -0.4 is 0 Å². The molecule has 0 bridgehead atoms. The minimum Gasteiger partial charge on any atom is -0.481 e. The molecule has 0 saturated carbocycles. The highest BCUT2D eigenvalue weighted by Crippen LogP contribution is 2.23. The van der Waals surface area contributed by atoms with Crippen LogP contribution in [0.3, 0.4) is 0 Å². The van der Waals surface area contributed by atoms with Crippen LogP contribution in [0.1, 0.15) is 12.8 Å². The van der Waals surface area contributed by atoms with Crippen molar-refractivity contribution in [3.05, 3.63) is 40.6 Å². The number of fused-ring (bicyclic) bond motifs is 1. The van der Waals surface area contributed by atoms with Crippen molar-refractivity contribution in [1.29, 1.82) is 0 Å². The molecule has 0 spiro atoms. The van der Waals surface area contributed by atoms with Gasteiger partial charge in [-0.2, -0.15) is 0 Å². The SMILES string of the molecule is O=C(O)C1CCCN(C(=O)Cn2ccc3cc([N+](=O)[O-])ccc32)C1. The molecule has 3 rings (SSSR count). The van der Waals surface area contributed by atoms with Crippen molar-refractivity contribution in [2.45, 2.75) is 19.4 Å². The van der Waals surface area contributed by atoms with E-state index in [1.807, 2.05) is 0 Å². The van der Waals surface area contributed by atoms with Crippen molar-refractivity contribution in [2.75, 3.05) is 13.1 Å². The summed E-state index contributed by atoms with van der Waals surface area (Å²) in [5.41, 5.74) is 0.743. The summed E-state index contributed by atoms with van der Waals surface area (Å²) in [6.45, 7) is 0.889. The lowest BCUT2D eigenvalue weighted by Crippen LogP contribution is -2.43. The molecule has 8 nitrogen and oxygen atoms in total. The highest BCUT2D eigenvalue weighted by molar-refractivity contribution is 5.85. The Kier molecular flexibility index (Phi) is 4.20. The first-order chi connectivity index (χ1) is 11.5. The van der Waals surface area contributed by atoms with Crippen LogP contribution in [-0.4, -0.2) is 44.5 Å². The number of carboxylic acids is 1. The summed E-state index contributed by atoms with van der Waals surface area (Å²) in [6.07, 6.45) is 2.99. The molecule has 1 fully saturated rings. The lowest BCUT2D eigenvalue weighted by molar-refractivity contribution is -0.384. The van der Waals surface area contributed by atoms with E-state index in [9.17, 15) is 19.7 Å². The predicted octanol–water partition coefficient (Wildman–Crippen LogP) is 1.87. The van der Waals surface area contributed by atoms with Gasteiger partial charge in [0.05, 0.1) is 10.8 Å². The fourth-order valence-corrected chi connectivity index (χ4v) is 3.09. The lowest BCUT2D eigenvalue weighted by atomic mass is 9.98. The van der Waals surface area contributed by atoms with Crippen LogP contribution in [0.2, 0.25) is 0 Å². The van der Waals surface area contributed by atoms with Crippen LogP contribution in [0.25, 0.3) is 10.9 Å². The molecule has 2 aromatic rings. The number of nitro benzene ring substituents is 1. The Balaban J connectivity index is 1.76. The molecule has 1 N–H and O–H groups in total. The summed E-state index contributed by atoms with van der Waals surface area (Å²) < 4.78 is 1.73. The highest BCUT2D eigenvalue weighted by Gasteiger charge is 2.28. The maximum Gasteiger partial charge on any atom is 0.308 e. The van der Waals surface area contributed by atoms with E-state index in [0.717, 1.165) is 5.52 Å². The Bertz CT molecular complexity index is 813. The second-order valence-electron chi connectivity index (χ2n) is 5.96. The third kappa shape index (κ3) is 3.08. The number of carbonyl (C=O) groups excluding carboxylic acids is 1. The number of aliphatic carboxylic acids is 1. The van der Waals surface area contributed by atoms with Crippen molar-refractivity contribution in [2.24, 2.45) is 5.92 Å². The summed E-state index contributed by atoms with van der Waals surface area (Å²) in [7, 11) is 0. The van der Waals surface area contributed by atoms with Gasteiger partial charge in [0.2, 0.25) is 5.91 Å². The molecular weight excluding hydrogens is 314 g/mol. The summed E-state index contributed by atoms with van der Waals surface area (Å²) in [5.74, 6) is -1.52. The number of benzene rings is 1. The molecule has 8 heteroatoms. The van der Waals surface area contributed by atoms with Gasteiger partial charge in [-0.05, 0) is 25.0 Å².